The Morgan fingerprint density at radius 1 is 0.564 bits per heavy atom. The Labute approximate surface area is 232 Å². The summed E-state index contributed by atoms with van der Waals surface area (Å²) < 4.78 is 51.3. The first-order chi connectivity index (χ1) is 17.4. The fourth-order valence-electron chi connectivity index (χ4n) is 5.94. The molecule has 0 aliphatic carbocycles. The van der Waals surface area contributed by atoms with Crippen LogP contribution in [0.4, 0.5) is 8.22 Å². The third-order valence-electron chi connectivity index (χ3n) is 8.54. The number of hydrogen-bond acceptors (Lipinski definition) is 2. The second kappa shape index (κ2) is 7.20. The van der Waals surface area contributed by atoms with Crippen LogP contribution in [0.1, 0.15) is 116 Å². The van der Waals surface area contributed by atoms with E-state index in [1.165, 1.54) is 0 Å². The molecule has 7 heteroatoms. The van der Waals surface area contributed by atoms with Gasteiger partial charge in [-0.2, -0.15) is 0 Å². The molecule has 0 atom stereocenters. The van der Waals surface area contributed by atoms with Crippen LogP contribution in [-0.4, -0.2) is 42.1 Å². The summed E-state index contributed by atoms with van der Waals surface area (Å²) in [5.74, 6) is 0.460. The minimum absolute atomic E-state index is 0.114. The topological polar surface area (TPSA) is 24.5 Å². The standard InChI is InChI=1S/C32H46F2N2O2Si/c1-29(2,3)23-15-21-19-35-13-14-36-20-22-16-24(30(4,5)6)18-26(32(10,11)12)28(22)38-39(35,36,33,34)37-27(21)25(17-23)31(7,8)9/h15-20H,13-14H2,1-12H3. The van der Waals surface area contributed by atoms with Crippen molar-refractivity contribution in [1.29, 1.82) is 0 Å². The van der Waals surface area contributed by atoms with Gasteiger partial charge < -0.3 is 0 Å². The summed E-state index contributed by atoms with van der Waals surface area (Å²) in [6, 6.07) is 8.08. The van der Waals surface area contributed by atoms with E-state index < -0.39 is 18.9 Å². The molecule has 3 aliphatic rings. The molecule has 0 amide bonds. The molecule has 3 aliphatic heterocycles. The van der Waals surface area contributed by atoms with Crippen molar-refractivity contribution in [2.45, 2.75) is 105 Å². The molecular formula is C32H46F2N2O2Si. The Morgan fingerprint density at radius 3 is 1.18 bits per heavy atom. The van der Waals surface area contributed by atoms with E-state index in [9.17, 15) is 0 Å². The summed E-state index contributed by atoms with van der Waals surface area (Å²) in [5.41, 5.74) is 3.95. The normalized spacial score (nSPS) is 22.6. The van der Waals surface area contributed by atoms with E-state index in [1.807, 2.05) is 65.8 Å². The molecule has 39 heavy (non-hydrogen) atoms. The minimum atomic E-state index is -7.54. The van der Waals surface area contributed by atoms with Crippen LogP contribution >= 0.6 is 0 Å². The van der Waals surface area contributed by atoms with Crippen LogP contribution < -0.4 is 8.85 Å². The van der Waals surface area contributed by atoms with Crippen LogP contribution in [0.3, 0.4) is 0 Å². The van der Waals surface area contributed by atoms with E-state index >= 15 is 8.22 Å². The predicted molar refractivity (Wildman–Crippen MR) is 157 cm³/mol. The predicted octanol–water partition coefficient (Wildman–Crippen LogP) is 7.51. The van der Waals surface area contributed by atoms with Gasteiger partial charge in [0.2, 0.25) is 0 Å². The molecule has 1 fully saturated rings. The van der Waals surface area contributed by atoms with Crippen molar-refractivity contribution >= 4 is 20.5 Å². The first-order valence-corrected chi connectivity index (χ1v) is 16.6. The first-order valence-electron chi connectivity index (χ1n) is 14.2. The molecule has 0 bridgehead atoms. The van der Waals surface area contributed by atoms with E-state index in [2.05, 4.69) is 41.5 Å². The number of nitrogens with zero attached hydrogens (tertiary/aromatic N) is 2. The van der Waals surface area contributed by atoms with E-state index in [-0.39, 0.29) is 35.4 Å². The van der Waals surface area contributed by atoms with Gasteiger partial charge in [-0.3, -0.25) is 0 Å². The SMILES string of the molecule is CC(C)(C)c1cc2c(c(C(C)(C)C)c1)O[Si-2]13(F)(F)Oc4c(cc(C(C)(C)C)cc4C(C)(C)C)C=[N+]1CC[N+]3=C2. The summed E-state index contributed by atoms with van der Waals surface area (Å²) in [5, 5.41) is 0. The Balaban J connectivity index is 1.83. The van der Waals surface area contributed by atoms with E-state index in [1.54, 1.807) is 12.4 Å². The maximum absolute atomic E-state index is 18.3. The van der Waals surface area contributed by atoms with Crippen molar-refractivity contribution in [3.63, 3.8) is 0 Å². The van der Waals surface area contributed by atoms with E-state index in [0.29, 0.717) is 11.1 Å². The van der Waals surface area contributed by atoms with Crippen molar-refractivity contribution in [2.24, 2.45) is 0 Å². The van der Waals surface area contributed by atoms with Gasteiger partial charge in [-0.05, 0) is 0 Å². The fraction of sp³-hybridized carbons (Fsp3) is 0.562. The van der Waals surface area contributed by atoms with Gasteiger partial charge in [0.15, 0.2) is 0 Å². The molecule has 5 rings (SSSR count). The molecule has 0 saturated carbocycles. The van der Waals surface area contributed by atoms with Gasteiger partial charge in [0.1, 0.15) is 0 Å². The van der Waals surface area contributed by atoms with Gasteiger partial charge in [0.25, 0.3) is 0 Å². The van der Waals surface area contributed by atoms with Crippen LogP contribution in [0.15, 0.2) is 24.3 Å². The summed E-state index contributed by atoms with van der Waals surface area (Å²) >= 11 is 0. The number of rotatable bonds is 0. The van der Waals surface area contributed by atoms with Gasteiger partial charge in [0, 0.05) is 0 Å². The van der Waals surface area contributed by atoms with Crippen LogP contribution in [0.5, 0.6) is 11.5 Å². The Hall–Kier alpha value is -2.54. The Morgan fingerprint density at radius 2 is 0.897 bits per heavy atom. The second-order valence-electron chi connectivity index (χ2n) is 16.0. The zero-order chi connectivity index (χ0) is 29.3. The van der Waals surface area contributed by atoms with Gasteiger partial charge in [-0.15, -0.1) is 0 Å². The number of benzene rings is 2. The first kappa shape index (κ1) is 28.0. The molecule has 2 aromatic carbocycles. The van der Waals surface area contributed by atoms with Crippen LogP contribution in [-0.2, 0) is 21.7 Å². The number of fused-ring (bicyclic) bond motifs is 2. The molecule has 0 radical (unpaired) electrons. The molecule has 0 unspecified atom stereocenters. The van der Waals surface area contributed by atoms with Crippen LogP contribution in [0, 0.1) is 0 Å². The molecule has 1 saturated heterocycles. The average molecular weight is 557 g/mol. The van der Waals surface area contributed by atoms with Crippen molar-refractivity contribution in [3.8, 4) is 11.5 Å². The Bertz CT molecular complexity index is 1390. The summed E-state index contributed by atoms with van der Waals surface area (Å²) in [4.78, 5) is 0. The Kier molecular flexibility index (Phi) is 5.17. The maximum atomic E-state index is 18.3. The van der Waals surface area contributed by atoms with Gasteiger partial charge in [0.05, 0.1) is 0 Å². The van der Waals surface area contributed by atoms with Crippen molar-refractivity contribution in [3.05, 3.63) is 57.6 Å². The van der Waals surface area contributed by atoms with Gasteiger partial charge in [-0.25, -0.2) is 0 Å². The number of hydrogen-bond donors (Lipinski definition) is 0. The molecule has 0 aromatic heterocycles. The molecule has 214 valence electrons. The molecule has 3 heterocycles. The second-order valence-corrected chi connectivity index (χ2v) is 20.1. The molecular weight excluding hydrogens is 510 g/mol. The summed E-state index contributed by atoms with van der Waals surface area (Å²) in [7, 11) is -7.54. The van der Waals surface area contributed by atoms with Crippen molar-refractivity contribution in [1.82, 2.24) is 0 Å². The van der Waals surface area contributed by atoms with Crippen LogP contribution in [0.25, 0.3) is 0 Å². The molecule has 2 aromatic rings. The van der Waals surface area contributed by atoms with E-state index in [0.717, 1.165) is 30.7 Å². The third kappa shape index (κ3) is 3.93. The molecule has 0 N–H and O–H groups in total. The van der Waals surface area contributed by atoms with Crippen molar-refractivity contribution in [2.75, 3.05) is 13.1 Å². The third-order valence-corrected chi connectivity index (χ3v) is 12.8. The summed E-state index contributed by atoms with van der Waals surface area (Å²) in [6.07, 6.45) is 3.21. The quantitative estimate of drug-likeness (QED) is 0.248. The zero-order valence-corrected chi connectivity index (χ0v) is 26.8. The van der Waals surface area contributed by atoms with Crippen molar-refractivity contribution < 1.29 is 25.5 Å². The van der Waals surface area contributed by atoms with E-state index in [4.69, 9.17) is 8.85 Å². The zero-order valence-electron chi connectivity index (χ0n) is 25.8. The van der Waals surface area contributed by atoms with Gasteiger partial charge in [-0.1, -0.05) is 0 Å². The summed E-state index contributed by atoms with van der Waals surface area (Å²) in [6.45, 7) is 25.3. The van der Waals surface area contributed by atoms with Crippen LogP contribution in [0.2, 0.25) is 0 Å². The number of halogens is 2. The van der Waals surface area contributed by atoms with Gasteiger partial charge >= 0.3 is 233 Å². The monoisotopic (exact) mass is 556 g/mol. The average Bonchev–Trinajstić information content (AvgIpc) is 2.98. The molecule has 4 nitrogen and oxygen atoms in total. The fourth-order valence-corrected chi connectivity index (χ4v) is 9.98. The molecule has 1 spiro atoms.